The van der Waals surface area contributed by atoms with E-state index in [9.17, 15) is 9.59 Å². The summed E-state index contributed by atoms with van der Waals surface area (Å²) < 4.78 is 6.36. The topological polar surface area (TPSA) is 101 Å². The number of quaternary nitrogens is 1. The minimum Gasteiger partial charge on any atom is -0.489 e. The normalized spacial score (nSPS) is 20.0. The first kappa shape index (κ1) is 23.7. The highest BCUT2D eigenvalue weighted by Gasteiger charge is 2.34. The van der Waals surface area contributed by atoms with Crippen molar-refractivity contribution < 1.29 is 24.1 Å². The van der Waals surface area contributed by atoms with Crippen LogP contribution in [0, 0.1) is 12.8 Å². The predicted molar refractivity (Wildman–Crippen MR) is 128 cm³/mol. The maximum atomic E-state index is 12.9. The molecule has 1 fully saturated rings. The molecule has 3 aromatic rings. The molecule has 2 unspecified atom stereocenters. The van der Waals surface area contributed by atoms with E-state index in [1.54, 1.807) is 29.7 Å². The fourth-order valence-corrected chi connectivity index (χ4v) is 4.74. The molecule has 2 atom stereocenters. The highest BCUT2D eigenvalue weighted by molar-refractivity contribution is 5.93. The van der Waals surface area contributed by atoms with Gasteiger partial charge in [-0.15, -0.1) is 0 Å². The van der Waals surface area contributed by atoms with Crippen molar-refractivity contribution in [1.29, 1.82) is 0 Å². The fourth-order valence-electron chi connectivity index (χ4n) is 4.74. The number of piperidine rings is 1. The molecule has 0 saturated carbocycles. The number of carbonyl (C=O) groups excluding carboxylic acids is 2. The zero-order chi connectivity index (χ0) is 24.1. The number of hydroxylamine groups is 1. The summed E-state index contributed by atoms with van der Waals surface area (Å²) in [5.41, 5.74) is 8.29. The van der Waals surface area contributed by atoms with Gasteiger partial charge in [0, 0.05) is 34.5 Å². The Labute approximate surface area is 199 Å². The van der Waals surface area contributed by atoms with Gasteiger partial charge in [0.15, 0.2) is 0 Å². The van der Waals surface area contributed by atoms with Gasteiger partial charge in [0.25, 0.3) is 5.91 Å². The Bertz CT molecular complexity index is 1180. The lowest BCUT2D eigenvalue weighted by Crippen LogP contribution is -2.61. The van der Waals surface area contributed by atoms with Gasteiger partial charge in [-0.1, -0.05) is 18.2 Å². The Balaban J connectivity index is 1.37. The highest BCUT2D eigenvalue weighted by atomic mass is 16.5. The minimum absolute atomic E-state index is 0.106. The molecule has 0 spiro atoms. The zero-order valence-corrected chi connectivity index (χ0v) is 19.6. The summed E-state index contributed by atoms with van der Waals surface area (Å²) in [6.07, 6.45) is 2.05. The Morgan fingerprint density at radius 3 is 2.71 bits per heavy atom. The number of amides is 2. The molecule has 8 heteroatoms. The van der Waals surface area contributed by atoms with Gasteiger partial charge in [0.1, 0.15) is 25.4 Å². The van der Waals surface area contributed by atoms with E-state index < -0.39 is 5.91 Å². The second kappa shape index (κ2) is 10.2. The van der Waals surface area contributed by atoms with Crippen LogP contribution < -0.4 is 15.6 Å². The molecular formula is C26H31N4O4+. The summed E-state index contributed by atoms with van der Waals surface area (Å²) in [5, 5.41) is 9.85. The number of rotatable bonds is 7. The highest BCUT2D eigenvalue weighted by Crippen LogP contribution is 2.24. The van der Waals surface area contributed by atoms with Crippen LogP contribution in [0.4, 0.5) is 0 Å². The molecule has 0 radical (unpaired) electrons. The van der Waals surface area contributed by atoms with Gasteiger partial charge in [-0.05, 0) is 56.2 Å². The van der Waals surface area contributed by atoms with Gasteiger partial charge in [-0.25, -0.2) is 10.1 Å². The van der Waals surface area contributed by atoms with Crippen LogP contribution in [0.3, 0.4) is 0 Å². The van der Waals surface area contributed by atoms with Crippen molar-refractivity contribution in [3.8, 4) is 5.75 Å². The molecule has 2 heterocycles. The third-order valence-corrected chi connectivity index (χ3v) is 6.34. The number of fused-ring (bicyclic) bond motifs is 1. The quantitative estimate of drug-likeness (QED) is 0.283. The molecule has 1 aliphatic rings. The summed E-state index contributed by atoms with van der Waals surface area (Å²) in [5.74, 6) is 0.228. The van der Waals surface area contributed by atoms with Crippen LogP contribution in [0.15, 0.2) is 54.6 Å². The van der Waals surface area contributed by atoms with Crippen LogP contribution in [-0.2, 0) is 11.4 Å². The van der Waals surface area contributed by atoms with E-state index in [0.717, 1.165) is 41.5 Å². The summed E-state index contributed by atoms with van der Waals surface area (Å²) in [6.45, 7) is 3.81. The lowest BCUT2D eigenvalue weighted by molar-refractivity contribution is -0.950. The van der Waals surface area contributed by atoms with Gasteiger partial charge >= 0.3 is 0 Å². The number of likely N-dealkylation sites (tertiary alicyclic amines) is 1. The Morgan fingerprint density at radius 2 is 1.94 bits per heavy atom. The maximum Gasteiger partial charge on any atom is 0.295 e. The molecule has 2 amide bonds. The monoisotopic (exact) mass is 463 g/mol. The first-order valence-electron chi connectivity index (χ1n) is 11.5. The standard InChI is InChI=1S/C26H30N4O4/c1-18-14-21(23-7-3-4-8-24(23)27-18)17-34-22-11-9-20(10-12-22)26(32)28-30(2)13-5-6-19(16-30)15-25(31)29-33/h3-4,7-12,14,19H,5-6,13,15-17H2,1-2H3,(H2-,28,29,31,32,33)/p+1. The van der Waals surface area contributed by atoms with Crippen molar-refractivity contribution in [1.82, 2.24) is 15.9 Å². The van der Waals surface area contributed by atoms with Gasteiger partial charge in [0.2, 0.25) is 5.91 Å². The average molecular weight is 464 g/mol. The van der Waals surface area contributed by atoms with Gasteiger partial charge in [0.05, 0.1) is 12.6 Å². The van der Waals surface area contributed by atoms with E-state index in [2.05, 4.69) is 10.4 Å². The van der Waals surface area contributed by atoms with E-state index in [1.165, 1.54) is 0 Å². The van der Waals surface area contributed by atoms with E-state index >= 15 is 0 Å². The van der Waals surface area contributed by atoms with Gasteiger partial charge in [-0.3, -0.25) is 19.8 Å². The van der Waals surface area contributed by atoms with E-state index in [0.29, 0.717) is 29.1 Å². The van der Waals surface area contributed by atoms with Crippen LogP contribution in [0.25, 0.3) is 10.9 Å². The molecule has 4 rings (SSSR count). The molecule has 3 N–H and O–H groups in total. The molecule has 2 aromatic carbocycles. The number of hydrogen-bond acceptors (Lipinski definition) is 5. The van der Waals surface area contributed by atoms with Crippen LogP contribution in [0.2, 0.25) is 0 Å². The number of nitrogens with zero attached hydrogens (tertiary/aromatic N) is 2. The number of aryl methyl sites for hydroxylation is 1. The number of carbonyl (C=O) groups is 2. The van der Waals surface area contributed by atoms with E-state index in [-0.39, 0.29) is 18.2 Å². The molecule has 1 aliphatic heterocycles. The summed E-state index contributed by atoms with van der Waals surface area (Å²) in [7, 11) is 1.96. The lowest BCUT2D eigenvalue weighted by Gasteiger charge is -2.40. The van der Waals surface area contributed by atoms with Crippen molar-refractivity contribution in [2.45, 2.75) is 32.8 Å². The maximum absolute atomic E-state index is 12.9. The number of para-hydroxylation sites is 1. The van der Waals surface area contributed by atoms with E-state index in [4.69, 9.17) is 9.94 Å². The Hall–Kier alpha value is -3.49. The number of benzene rings is 2. The molecule has 0 bridgehead atoms. The van der Waals surface area contributed by atoms with Gasteiger partial charge < -0.3 is 4.74 Å². The number of aromatic nitrogens is 1. The Kier molecular flexibility index (Phi) is 7.09. The summed E-state index contributed by atoms with van der Waals surface area (Å²) in [6, 6.07) is 17.1. The first-order chi connectivity index (χ1) is 16.3. The van der Waals surface area contributed by atoms with Gasteiger partial charge in [-0.2, -0.15) is 5.43 Å². The molecule has 1 saturated heterocycles. The molecule has 1 aromatic heterocycles. The molecule has 34 heavy (non-hydrogen) atoms. The lowest BCUT2D eigenvalue weighted by atomic mass is 9.94. The van der Waals surface area contributed by atoms with Crippen LogP contribution in [0.1, 0.15) is 40.9 Å². The molecule has 0 aliphatic carbocycles. The zero-order valence-electron chi connectivity index (χ0n) is 19.6. The Morgan fingerprint density at radius 1 is 1.18 bits per heavy atom. The van der Waals surface area contributed by atoms with Crippen LogP contribution in [0.5, 0.6) is 5.75 Å². The van der Waals surface area contributed by atoms with Crippen LogP contribution >= 0.6 is 0 Å². The van der Waals surface area contributed by atoms with Crippen molar-refractivity contribution >= 4 is 22.7 Å². The van der Waals surface area contributed by atoms with Crippen LogP contribution in [-0.4, -0.2) is 46.7 Å². The predicted octanol–water partition coefficient (Wildman–Crippen LogP) is 3.52. The molecule has 178 valence electrons. The number of pyridine rings is 1. The van der Waals surface area contributed by atoms with Crippen molar-refractivity contribution in [3.63, 3.8) is 0 Å². The average Bonchev–Trinajstić information content (AvgIpc) is 2.82. The third-order valence-electron chi connectivity index (χ3n) is 6.34. The molecule has 8 nitrogen and oxygen atoms in total. The third kappa shape index (κ3) is 5.70. The number of ether oxygens (including phenoxy) is 1. The fraction of sp³-hybridized carbons (Fsp3) is 0.346. The summed E-state index contributed by atoms with van der Waals surface area (Å²) in [4.78, 5) is 29.0. The minimum atomic E-state index is -0.393. The van der Waals surface area contributed by atoms with E-state index in [1.807, 2.05) is 44.3 Å². The van der Waals surface area contributed by atoms with Crippen molar-refractivity contribution in [2.24, 2.45) is 5.92 Å². The first-order valence-corrected chi connectivity index (χ1v) is 11.5. The SMILES string of the molecule is Cc1cc(COc2ccc(C(=O)N[N+]3(C)CCCC(CC(=O)NO)C3)cc2)c2ccccc2n1. The second-order valence-electron chi connectivity index (χ2n) is 9.24. The number of hydrogen-bond donors (Lipinski definition) is 3. The van der Waals surface area contributed by atoms with Crippen molar-refractivity contribution in [2.75, 3.05) is 20.1 Å². The summed E-state index contributed by atoms with van der Waals surface area (Å²) >= 11 is 0. The second-order valence-corrected chi connectivity index (χ2v) is 9.24. The smallest absolute Gasteiger partial charge is 0.295 e. The largest absolute Gasteiger partial charge is 0.489 e. The number of nitrogens with one attached hydrogen (secondary N) is 2. The van der Waals surface area contributed by atoms with Crippen molar-refractivity contribution in [3.05, 3.63) is 71.4 Å². The molecular weight excluding hydrogens is 432 g/mol.